The lowest BCUT2D eigenvalue weighted by atomic mass is 9.66. The Morgan fingerprint density at radius 2 is 1.61 bits per heavy atom. The molecule has 6 heteroatoms. The van der Waals surface area contributed by atoms with E-state index < -0.39 is 30.1 Å². The fourth-order valence-corrected chi connectivity index (χ4v) is 3.41. The molecular weight excluding hydrogens is 355 g/mol. The number of hydrogen-bond acceptors (Lipinski definition) is 4. The van der Waals surface area contributed by atoms with Crippen molar-refractivity contribution in [1.29, 1.82) is 0 Å². The molecule has 0 aromatic heterocycles. The third-order valence-electron chi connectivity index (χ3n) is 5.75. The summed E-state index contributed by atoms with van der Waals surface area (Å²) in [6, 6.07) is 15.7. The minimum atomic E-state index is -0.881. The molecule has 0 bridgehead atoms. The van der Waals surface area contributed by atoms with Crippen molar-refractivity contribution in [2.24, 2.45) is 0 Å². The number of methoxy groups -OCH3 is 1. The van der Waals surface area contributed by atoms with Crippen LogP contribution in [-0.4, -0.2) is 36.5 Å². The summed E-state index contributed by atoms with van der Waals surface area (Å²) in [5.41, 5.74) is 1.85. The lowest BCUT2D eigenvalue weighted by Crippen LogP contribution is -2.41. The van der Waals surface area contributed by atoms with Crippen molar-refractivity contribution in [3.63, 3.8) is 0 Å². The molecule has 0 saturated carbocycles. The van der Waals surface area contributed by atoms with Gasteiger partial charge in [0, 0.05) is 11.4 Å². The molecule has 1 aliphatic heterocycles. The van der Waals surface area contributed by atoms with Crippen LogP contribution in [0.1, 0.15) is 45.5 Å². The SMILES string of the molecule is COc1ccccc1-c1ccc(C(CC(=O)O)B2OC(C)(C)C(C)(C)O2)cc1. The van der Waals surface area contributed by atoms with Gasteiger partial charge in [-0.05, 0) is 44.9 Å². The Kier molecular flexibility index (Phi) is 5.55. The second kappa shape index (κ2) is 7.61. The molecule has 0 amide bonds. The Morgan fingerprint density at radius 1 is 1.04 bits per heavy atom. The molecule has 1 heterocycles. The topological polar surface area (TPSA) is 65.0 Å². The van der Waals surface area contributed by atoms with Crippen LogP contribution >= 0.6 is 0 Å². The van der Waals surface area contributed by atoms with Gasteiger partial charge in [0.25, 0.3) is 0 Å². The highest BCUT2D eigenvalue weighted by Gasteiger charge is 2.54. The number of carboxylic acids is 1. The first-order valence-corrected chi connectivity index (χ1v) is 9.45. The van der Waals surface area contributed by atoms with Crippen LogP contribution in [0.3, 0.4) is 0 Å². The van der Waals surface area contributed by atoms with Gasteiger partial charge < -0.3 is 19.2 Å². The molecule has 3 rings (SSSR count). The molecule has 1 atom stereocenters. The van der Waals surface area contributed by atoms with Gasteiger partial charge in [-0.1, -0.05) is 42.5 Å². The van der Waals surface area contributed by atoms with Crippen molar-refractivity contribution in [3.8, 4) is 16.9 Å². The molecule has 1 fully saturated rings. The molecule has 1 saturated heterocycles. The smallest absolute Gasteiger partial charge is 0.466 e. The zero-order chi connectivity index (χ0) is 20.5. The van der Waals surface area contributed by atoms with Crippen molar-refractivity contribution in [2.45, 2.75) is 51.1 Å². The van der Waals surface area contributed by atoms with Crippen molar-refractivity contribution in [1.82, 2.24) is 0 Å². The first-order valence-electron chi connectivity index (χ1n) is 9.45. The average Bonchev–Trinajstić information content (AvgIpc) is 2.87. The van der Waals surface area contributed by atoms with Gasteiger partial charge in [-0.15, -0.1) is 0 Å². The molecule has 1 aliphatic rings. The van der Waals surface area contributed by atoms with E-state index in [0.29, 0.717) is 0 Å². The van der Waals surface area contributed by atoms with Crippen LogP contribution in [0.25, 0.3) is 11.1 Å². The van der Waals surface area contributed by atoms with Crippen molar-refractivity contribution < 1.29 is 23.9 Å². The zero-order valence-electron chi connectivity index (χ0n) is 17.1. The Balaban J connectivity index is 1.91. The van der Waals surface area contributed by atoms with Gasteiger partial charge in [0.1, 0.15) is 5.75 Å². The van der Waals surface area contributed by atoms with E-state index in [2.05, 4.69) is 0 Å². The van der Waals surface area contributed by atoms with E-state index in [1.54, 1.807) is 7.11 Å². The summed E-state index contributed by atoms with van der Waals surface area (Å²) < 4.78 is 17.7. The highest BCUT2D eigenvalue weighted by Crippen LogP contribution is 2.42. The van der Waals surface area contributed by atoms with Gasteiger partial charge >= 0.3 is 13.1 Å². The molecule has 5 nitrogen and oxygen atoms in total. The number of carboxylic acid groups (broad SMARTS) is 1. The van der Waals surface area contributed by atoms with E-state index in [0.717, 1.165) is 22.4 Å². The van der Waals surface area contributed by atoms with Gasteiger partial charge in [-0.3, -0.25) is 4.79 Å². The molecule has 2 aromatic carbocycles. The van der Waals surface area contributed by atoms with Crippen LogP contribution in [0.2, 0.25) is 0 Å². The summed E-state index contributed by atoms with van der Waals surface area (Å²) in [6.45, 7) is 7.87. The standard InChI is InChI=1S/C22H27BO5/c1-21(2)22(3,4)28-23(27-21)18(14-20(24)25)16-12-10-15(11-13-16)17-8-6-7-9-19(17)26-5/h6-13,18H,14H2,1-5H3,(H,24,25). The number of ether oxygens (including phenoxy) is 1. The van der Waals surface area contributed by atoms with Gasteiger partial charge in [0.05, 0.1) is 24.7 Å². The largest absolute Gasteiger partial charge is 0.496 e. The van der Waals surface area contributed by atoms with Crippen LogP contribution in [0.5, 0.6) is 5.75 Å². The minimum Gasteiger partial charge on any atom is -0.496 e. The molecule has 1 N–H and O–H groups in total. The van der Waals surface area contributed by atoms with E-state index in [1.165, 1.54) is 0 Å². The van der Waals surface area contributed by atoms with E-state index in [9.17, 15) is 9.90 Å². The molecule has 148 valence electrons. The van der Waals surface area contributed by atoms with E-state index in [-0.39, 0.29) is 6.42 Å². The molecular formula is C22H27BO5. The second-order valence-electron chi connectivity index (χ2n) is 8.15. The number of aliphatic carboxylic acids is 1. The average molecular weight is 382 g/mol. The molecule has 0 aliphatic carbocycles. The number of hydrogen-bond donors (Lipinski definition) is 1. The fraction of sp³-hybridized carbons (Fsp3) is 0.409. The van der Waals surface area contributed by atoms with Crippen molar-refractivity contribution in [2.75, 3.05) is 7.11 Å². The van der Waals surface area contributed by atoms with E-state index in [4.69, 9.17) is 14.0 Å². The lowest BCUT2D eigenvalue weighted by Gasteiger charge is -2.32. The summed E-state index contributed by atoms with van der Waals surface area (Å²) in [5, 5.41) is 9.44. The Bertz CT molecular complexity index is 828. The van der Waals surface area contributed by atoms with E-state index >= 15 is 0 Å². The molecule has 28 heavy (non-hydrogen) atoms. The summed E-state index contributed by atoms with van der Waals surface area (Å²) in [6.07, 6.45) is -0.0647. The summed E-state index contributed by atoms with van der Waals surface area (Å²) in [5.74, 6) is -0.484. The highest BCUT2D eigenvalue weighted by atomic mass is 16.7. The Hall–Kier alpha value is -2.31. The Labute approximate surface area is 166 Å². The Morgan fingerprint density at radius 3 is 2.14 bits per heavy atom. The molecule has 1 unspecified atom stereocenters. The van der Waals surface area contributed by atoms with Crippen LogP contribution < -0.4 is 4.74 Å². The normalized spacial score (nSPS) is 18.7. The molecule has 0 radical (unpaired) electrons. The third-order valence-corrected chi connectivity index (χ3v) is 5.75. The fourth-order valence-electron chi connectivity index (χ4n) is 3.41. The summed E-state index contributed by atoms with van der Waals surface area (Å²) >= 11 is 0. The van der Waals surface area contributed by atoms with Crippen LogP contribution in [0.15, 0.2) is 48.5 Å². The van der Waals surface area contributed by atoms with Crippen molar-refractivity contribution in [3.05, 3.63) is 54.1 Å². The number of benzene rings is 2. The first-order chi connectivity index (χ1) is 13.1. The number of para-hydroxylation sites is 1. The zero-order valence-corrected chi connectivity index (χ0v) is 17.1. The third kappa shape index (κ3) is 3.93. The highest BCUT2D eigenvalue weighted by molar-refractivity contribution is 6.48. The maximum Gasteiger partial charge on any atom is 0.466 e. The summed E-state index contributed by atoms with van der Waals surface area (Å²) in [7, 11) is 1.03. The molecule has 2 aromatic rings. The monoisotopic (exact) mass is 382 g/mol. The lowest BCUT2D eigenvalue weighted by molar-refractivity contribution is -0.137. The van der Waals surface area contributed by atoms with Gasteiger partial charge in [0.2, 0.25) is 0 Å². The van der Waals surface area contributed by atoms with Crippen molar-refractivity contribution >= 4 is 13.1 Å². The number of carbonyl (C=O) groups is 1. The maximum absolute atomic E-state index is 11.5. The summed E-state index contributed by atoms with van der Waals surface area (Å²) in [4.78, 5) is 11.5. The van der Waals surface area contributed by atoms with Crippen LogP contribution in [0.4, 0.5) is 0 Å². The van der Waals surface area contributed by atoms with Gasteiger partial charge in [-0.25, -0.2) is 0 Å². The number of rotatable bonds is 6. The van der Waals surface area contributed by atoms with Gasteiger partial charge in [0.15, 0.2) is 0 Å². The maximum atomic E-state index is 11.5. The minimum absolute atomic E-state index is 0.0647. The van der Waals surface area contributed by atoms with E-state index in [1.807, 2.05) is 76.2 Å². The second-order valence-corrected chi connectivity index (χ2v) is 8.15. The predicted octanol–water partition coefficient (Wildman–Crippen LogP) is 4.55. The van der Waals surface area contributed by atoms with Gasteiger partial charge in [-0.2, -0.15) is 0 Å². The predicted molar refractivity (Wildman–Crippen MR) is 110 cm³/mol. The quantitative estimate of drug-likeness (QED) is 0.743. The van der Waals surface area contributed by atoms with Crippen LogP contribution in [-0.2, 0) is 14.1 Å². The first kappa shape index (κ1) is 20.4. The molecule has 0 spiro atoms. The van der Waals surface area contributed by atoms with Crippen LogP contribution in [0, 0.1) is 0 Å².